The van der Waals surface area contributed by atoms with Crippen LogP contribution in [0.15, 0.2) is 85.1 Å². The molecule has 0 radical (unpaired) electrons. The van der Waals surface area contributed by atoms with E-state index in [-0.39, 0.29) is 38.7 Å². The second-order valence-corrected chi connectivity index (χ2v) is 15.8. The van der Waals surface area contributed by atoms with Gasteiger partial charge in [-0.3, -0.25) is 18.6 Å². The fourth-order valence-electron chi connectivity index (χ4n) is 5.47. The number of allylic oxidation sites excluding steroid dienone is 13. The summed E-state index contributed by atoms with van der Waals surface area (Å²) in [7, 11) is -4.41. The van der Waals surface area contributed by atoms with Gasteiger partial charge in [0.05, 0.1) is 19.3 Å². The van der Waals surface area contributed by atoms with E-state index in [1.807, 2.05) is 37.3 Å². The summed E-state index contributed by atoms with van der Waals surface area (Å²) in [6, 6.07) is 0. The molecule has 10 nitrogen and oxygen atoms in total. The molecule has 11 heteroatoms. The highest BCUT2D eigenvalue weighted by Gasteiger charge is 2.25. The minimum Gasteiger partial charge on any atom is -0.462 e. The Bertz CT molecular complexity index is 1240. The lowest BCUT2D eigenvalue weighted by molar-refractivity contribution is -0.161. The maximum absolute atomic E-state index is 12.6. The monoisotopic (exact) mass is 834 g/mol. The van der Waals surface area contributed by atoms with Crippen LogP contribution in [0.25, 0.3) is 0 Å². The van der Waals surface area contributed by atoms with Crippen LogP contribution in [-0.2, 0) is 32.7 Å². The Hall–Kier alpha value is -2.85. The molecule has 0 aromatic rings. The predicted molar refractivity (Wildman–Crippen MR) is 239 cm³/mol. The summed E-state index contributed by atoms with van der Waals surface area (Å²) >= 11 is 0. The Morgan fingerprint density at radius 2 is 1.10 bits per heavy atom. The molecule has 4 N–H and O–H groups in total. The number of carbonyl (C=O) groups excluding carboxylic acids is 2. The van der Waals surface area contributed by atoms with Crippen molar-refractivity contribution in [3.8, 4) is 0 Å². The topological polar surface area (TPSA) is 155 Å². The van der Waals surface area contributed by atoms with Gasteiger partial charge in [-0.05, 0) is 77.0 Å². The molecule has 3 atom stereocenters. The lowest BCUT2D eigenvalue weighted by Gasteiger charge is -2.19. The fraction of sp³-hybridized carbons (Fsp3) is 0.660. The second-order valence-electron chi connectivity index (χ2n) is 14.4. The van der Waals surface area contributed by atoms with Gasteiger partial charge in [-0.25, -0.2) is 4.57 Å². The van der Waals surface area contributed by atoms with Gasteiger partial charge in [-0.2, -0.15) is 0 Å². The summed E-state index contributed by atoms with van der Waals surface area (Å²) in [6.45, 7) is 3.28. The maximum Gasteiger partial charge on any atom is 0.472 e. The molecule has 58 heavy (non-hydrogen) atoms. The third kappa shape index (κ3) is 41.3. The van der Waals surface area contributed by atoms with Crippen LogP contribution < -0.4 is 5.73 Å². The first-order valence-electron chi connectivity index (χ1n) is 22.2. The van der Waals surface area contributed by atoms with Gasteiger partial charge in [-0.1, -0.05) is 157 Å². The number of rotatable bonds is 40. The first-order chi connectivity index (χ1) is 28.2. The SMILES string of the molecule is CCCCC/C=C\C/C=C\CCCCCCCCCCCC(=O)OC[C@H](COP(=O)(O)OCCN)OC(=O)CCC/C=C\C/C=C\C/C=C\C/C=C\C=C\[C@H](O)CC. The van der Waals surface area contributed by atoms with Crippen molar-refractivity contribution in [1.82, 2.24) is 0 Å². The highest BCUT2D eigenvalue weighted by molar-refractivity contribution is 7.47. The summed E-state index contributed by atoms with van der Waals surface area (Å²) in [4.78, 5) is 34.9. The highest BCUT2D eigenvalue weighted by Crippen LogP contribution is 2.43. The van der Waals surface area contributed by atoms with E-state index in [1.165, 1.54) is 57.8 Å². The third-order valence-electron chi connectivity index (χ3n) is 8.92. The molecule has 1 unspecified atom stereocenters. The number of ether oxygens (including phenoxy) is 2. The minimum atomic E-state index is -4.41. The number of phosphoric ester groups is 1. The molecule has 0 amide bonds. The number of unbranched alkanes of at least 4 members (excludes halogenated alkanes) is 13. The van der Waals surface area contributed by atoms with Gasteiger partial charge in [0.2, 0.25) is 0 Å². The van der Waals surface area contributed by atoms with Crippen molar-refractivity contribution in [1.29, 1.82) is 0 Å². The molecule has 0 heterocycles. The Kier molecular flexibility index (Phi) is 40.2. The van der Waals surface area contributed by atoms with Crippen LogP contribution in [0, 0.1) is 0 Å². The van der Waals surface area contributed by atoms with Gasteiger partial charge in [0, 0.05) is 19.4 Å². The molecular weight excluding hydrogens is 753 g/mol. The predicted octanol–water partition coefficient (Wildman–Crippen LogP) is 11.8. The average molecular weight is 834 g/mol. The van der Waals surface area contributed by atoms with Gasteiger partial charge < -0.3 is 25.2 Å². The molecular formula is C47H80NO9P. The molecule has 0 saturated carbocycles. The van der Waals surface area contributed by atoms with Gasteiger partial charge in [0.1, 0.15) is 6.61 Å². The Morgan fingerprint density at radius 1 is 0.603 bits per heavy atom. The first-order valence-corrected chi connectivity index (χ1v) is 23.7. The van der Waals surface area contributed by atoms with E-state index >= 15 is 0 Å². The molecule has 0 rings (SSSR count). The fourth-order valence-corrected chi connectivity index (χ4v) is 6.24. The van der Waals surface area contributed by atoms with Crippen molar-refractivity contribution in [3.05, 3.63) is 85.1 Å². The molecule has 0 aromatic carbocycles. The number of esters is 2. The largest absolute Gasteiger partial charge is 0.472 e. The van der Waals surface area contributed by atoms with Crippen LogP contribution in [0.2, 0.25) is 0 Å². The molecule has 0 aliphatic heterocycles. The molecule has 0 aromatic heterocycles. The van der Waals surface area contributed by atoms with E-state index in [9.17, 15) is 24.2 Å². The maximum atomic E-state index is 12.6. The molecule has 0 spiro atoms. The summed E-state index contributed by atoms with van der Waals surface area (Å²) in [6.07, 6.45) is 50.0. The van der Waals surface area contributed by atoms with Crippen molar-refractivity contribution >= 4 is 19.8 Å². The van der Waals surface area contributed by atoms with Crippen LogP contribution in [0.3, 0.4) is 0 Å². The lowest BCUT2D eigenvalue weighted by Crippen LogP contribution is -2.29. The minimum absolute atomic E-state index is 0.0334. The summed E-state index contributed by atoms with van der Waals surface area (Å²) in [5.74, 6) is -0.928. The third-order valence-corrected chi connectivity index (χ3v) is 9.91. The number of hydrogen-bond donors (Lipinski definition) is 3. The van der Waals surface area contributed by atoms with Crippen LogP contribution in [0.1, 0.15) is 162 Å². The number of hydrogen-bond acceptors (Lipinski definition) is 9. The normalized spacial score (nSPS) is 14.6. The van der Waals surface area contributed by atoms with Gasteiger partial charge in [-0.15, -0.1) is 0 Å². The molecule has 0 aliphatic carbocycles. The molecule has 0 saturated heterocycles. The zero-order chi connectivity index (χ0) is 42.6. The number of phosphoric acid groups is 1. The smallest absolute Gasteiger partial charge is 0.462 e. The van der Waals surface area contributed by atoms with Crippen LogP contribution in [-0.4, -0.2) is 60.5 Å². The van der Waals surface area contributed by atoms with Crippen LogP contribution >= 0.6 is 7.82 Å². The van der Waals surface area contributed by atoms with Crippen molar-refractivity contribution in [2.75, 3.05) is 26.4 Å². The summed E-state index contributed by atoms with van der Waals surface area (Å²) in [5, 5.41) is 9.47. The first kappa shape index (κ1) is 55.2. The van der Waals surface area contributed by atoms with Crippen molar-refractivity contribution in [3.63, 3.8) is 0 Å². The van der Waals surface area contributed by atoms with Gasteiger partial charge >= 0.3 is 19.8 Å². The number of aliphatic hydroxyl groups is 1. The number of carbonyl (C=O) groups is 2. The van der Waals surface area contributed by atoms with E-state index in [4.69, 9.17) is 24.3 Å². The Balaban J connectivity index is 4.26. The van der Waals surface area contributed by atoms with E-state index < -0.39 is 32.5 Å². The summed E-state index contributed by atoms with van der Waals surface area (Å²) in [5.41, 5.74) is 5.34. The molecule has 0 bridgehead atoms. The van der Waals surface area contributed by atoms with Crippen molar-refractivity contribution < 1.29 is 42.7 Å². The zero-order valence-corrected chi connectivity index (χ0v) is 37.0. The molecule has 0 fully saturated rings. The summed E-state index contributed by atoms with van der Waals surface area (Å²) < 4.78 is 32.7. The molecule has 332 valence electrons. The van der Waals surface area contributed by atoms with Crippen LogP contribution in [0.5, 0.6) is 0 Å². The van der Waals surface area contributed by atoms with E-state index in [0.717, 1.165) is 51.4 Å². The van der Waals surface area contributed by atoms with Crippen molar-refractivity contribution in [2.24, 2.45) is 5.73 Å². The second kappa shape index (κ2) is 42.3. The lowest BCUT2D eigenvalue weighted by atomic mass is 10.1. The Labute approximate surface area is 352 Å². The van der Waals surface area contributed by atoms with Gasteiger partial charge in [0.15, 0.2) is 6.10 Å². The Morgan fingerprint density at radius 3 is 1.67 bits per heavy atom. The van der Waals surface area contributed by atoms with Crippen molar-refractivity contribution in [2.45, 2.75) is 174 Å². The highest BCUT2D eigenvalue weighted by atomic mass is 31.2. The number of aliphatic hydroxyl groups excluding tert-OH is 1. The standard InChI is InChI=1S/C47H80NO9P/c1-3-5-6-7-8-9-10-11-12-13-14-15-16-20-23-26-29-32-35-38-46(50)54-42-45(43-56-58(52,53)55-41-40-48)57-47(51)39-36-33-30-27-24-21-18-17-19-22-25-28-31-34-37-44(49)4-2/h8-9,11-12,18-19,21-22,27-28,30-31,34,37,44-45,49H,3-7,10,13-17,20,23-26,29,32-33,35-36,38-43,48H2,1-2H3,(H,52,53)/b9-8-,12-11-,21-18-,22-19-,30-27-,31-28-,37-34+/t44-,45-/m1/s1. The van der Waals surface area contributed by atoms with Gasteiger partial charge in [0.25, 0.3) is 0 Å². The van der Waals surface area contributed by atoms with Crippen LogP contribution in [0.4, 0.5) is 0 Å². The van der Waals surface area contributed by atoms with E-state index in [1.54, 1.807) is 6.08 Å². The molecule has 0 aliphatic rings. The zero-order valence-electron chi connectivity index (χ0n) is 36.1. The number of nitrogens with two attached hydrogens (primary N) is 1. The average Bonchev–Trinajstić information content (AvgIpc) is 3.21. The quantitative estimate of drug-likeness (QED) is 0.0179. The van der Waals surface area contributed by atoms with E-state index in [2.05, 4.69) is 55.5 Å². The van der Waals surface area contributed by atoms with E-state index in [0.29, 0.717) is 25.7 Å².